The molecule has 182 valence electrons. The minimum atomic E-state index is -0.779. The highest BCUT2D eigenvalue weighted by atomic mass is 16.4. The van der Waals surface area contributed by atoms with E-state index in [-0.39, 0.29) is 5.91 Å². The van der Waals surface area contributed by atoms with Crippen molar-refractivity contribution in [3.8, 4) is 0 Å². The first-order valence-electron chi connectivity index (χ1n) is 12.8. The number of hydrogen-bond acceptors (Lipinski definition) is 3. The van der Waals surface area contributed by atoms with Crippen LogP contribution in [0.25, 0.3) is 0 Å². The normalized spacial score (nSPS) is 12.5. The molecule has 0 heterocycles. The summed E-state index contributed by atoms with van der Waals surface area (Å²) in [6.07, 6.45) is 24.0. The predicted molar refractivity (Wildman–Crippen MR) is 131 cm³/mol. The molecule has 0 aliphatic carbocycles. The molecule has 0 radical (unpaired) electrons. The minimum Gasteiger partial charge on any atom is -0.480 e. The molecule has 0 aromatic heterocycles. The molecule has 0 bridgehead atoms. The molecule has 0 fully saturated rings. The lowest BCUT2D eigenvalue weighted by atomic mass is 10.1. The number of carbonyl (C=O) groups is 2. The first kappa shape index (κ1) is 29.6. The molecular formula is C26H50N2O3. The van der Waals surface area contributed by atoms with Gasteiger partial charge in [0.25, 0.3) is 0 Å². The molecule has 0 aromatic rings. The van der Waals surface area contributed by atoms with Gasteiger partial charge in [0.05, 0.1) is 0 Å². The van der Waals surface area contributed by atoms with Crippen LogP contribution in [-0.4, -0.2) is 48.6 Å². The number of hydrogen-bond donors (Lipinski definition) is 2. The Morgan fingerprint density at radius 3 is 1.90 bits per heavy atom. The Bertz CT molecular complexity index is 464. The third-order valence-corrected chi connectivity index (χ3v) is 5.80. The fourth-order valence-electron chi connectivity index (χ4n) is 3.74. The Morgan fingerprint density at radius 2 is 1.35 bits per heavy atom. The van der Waals surface area contributed by atoms with Crippen molar-refractivity contribution >= 4 is 11.9 Å². The molecule has 0 spiro atoms. The molecule has 0 saturated carbocycles. The van der Waals surface area contributed by atoms with Gasteiger partial charge in [-0.2, -0.15) is 0 Å². The number of carbonyl (C=O) groups excluding carboxylic acids is 1. The zero-order valence-electron chi connectivity index (χ0n) is 20.7. The molecule has 2 N–H and O–H groups in total. The molecule has 0 aliphatic rings. The van der Waals surface area contributed by atoms with Crippen LogP contribution in [0, 0.1) is 0 Å². The third-order valence-electron chi connectivity index (χ3n) is 5.80. The number of carboxylic acid groups (broad SMARTS) is 1. The Labute approximate surface area is 192 Å². The number of likely N-dealkylation sites (N-methyl/N-ethyl adjacent to an activating group) is 1. The highest BCUT2D eigenvalue weighted by Crippen LogP contribution is 2.10. The van der Waals surface area contributed by atoms with Gasteiger partial charge in [-0.25, -0.2) is 0 Å². The predicted octanol–water partition coefficient (Wildman–Crippen LogP) is 6.33. The second-order valence-corrected chi connectivity index (χ2v) is 9.00. The second-order valence-electron chi connectivity index (χ2n) is 9.00. The SMILES string of the molecule is CCCCCCCC/C=C\CCCCCCCC(=O)NCCCC[C@H](C(=O)O)N(C)C. The molecule has 0 unspecified atom stereocenters. The highest BCUT2D eigenvalue weighted by Gasteiger charge is 2.18. The highest BCUT2D eigenvalue weighted by molar-refractivity contribution is 5.75. The zero-order valence-corrected chi connectivity index (χ0v) is 20.7. The summed E-state index contributed by atoms with van der Waals surface area (Å²) in [5.41, 5.74) is 0. The van der Waals surface area contributed by atoms with Crippen molar-refractivity contribution in [1.29, 1.82) is 0 Å². The number of carboxylic acids is 1. The van der Waals surface area contributed by atoms with E-state index in [0.717, 1.165) is 25.7 Å². The number of nitrogens with zero attached hydrogens (tertiary/aromatic N) is 1. The van der Waals surface area contributed by atoms with Crippen molar-refractivity contribution in [3.05, 3.63) is 12.2 Å². The van der Waals surface area contributed by atoms with Crippen molar-refractivity contribution in [2.45, 2.75) is 122 Å². The van der Waals surface area contributed by atoms with E-state index < -0.39 is 12.0 Å². The molecular weight excluding hydrogens is 388 g/mol. The number of unbranched alkanes of at least 4 members (excludes halogenated alkanes) is 12. The van der Waals surface area contributed by atoms with Gasteiger partial charge < -0.3 is 10.4 Å². The maximum atomic E-state index is 11.9. The van der Waals surface area contributed by atoms with Crippen LogP contribution < -0.4 is 5.32 Å². The summed E-state index contributed by atoms with van der Waals surface area (Å²) in [6, 6.07) is -0.438. The Morgan fingerprint density at radius 1 is 0.806 bits per heavy atom. The van der Waals surface area contributed by atoms with Crippen LogP contribution in [0.15, 0.2) is 12.2 Å². The lowest BCUT2D eigenvalue weighted by Gasteiger charge is -2.19. The number of nitrogens with one attached hydrogen (secondary N) is 1. The van der Waals surface area contributed by atoms with E-state index in [0.29, 0.717) is 19.4 Å². The van der Waals surface area contributed by atoms with E-state index in [1.54, 1.807) is 19.0 Å². The lowest BCUT2D eigenvalue weighted by molar-refractivity contribution is -0.142. The van der Waals surface area contributed by atoms with E-state index in [2.05, 4.69) is 24.4 Å². The number of amides is 1. The molecule has 0 saturated heterocycles. The second kappa shape index (κ2) is 21.9. The van der Waals surface area contributed by atoms with Gasteiger partial charge in [0.2, 0.25) is 5.91 Å². The van der Waals surface area contributed by atoms with Crippen LogP contribution in [0.5, 0.6) is 0 Å². The smallest absolute Gasteiger partial charge is 0.320 e. The summed E-state index contributed by atoms with van der Waals surface area (Å²) >= 11 is 0. The van der Waals surface area contributed by atoms with Crippen molar-refractivity contribution < 1.29 is 14.7 Å². The van der Waals surface area contributed by atoms with Crippen LogP contribution in [0.3, 0.4) is 0 Å². The van der Waals surface area contributed by atoms with E-state index in [4.69, 9.17) is 5.11 Å². The monoisotopic (exact) mass is 438 g/mol. The average molecular weight is 439 g/mol. The average Bonchev–Trinajstić information content (AvgIpc) is 2.72. The maximum Gasteiger partial charge on any atom is 0.320 e. The Hall–Kier alpha value is -1.36. The van der Waals surface area contributed by atoms with Gasteiger partial charge in [0, 0.05) is 13.0 Å². The first-order valence-corrected chi connectivity index (χ1v) is 12.8. The molecule has 5 nitrogen and oxygen atoms in total. The summed E-state index contributed by atoms with van der Waals surface area (Å²) in [5.74, 6) is -0.654. The van der Waals surface area contributed by atoms with Gasteiger partial charge in [0.15, 0.2) is 0 Å². The van der Waals surface area contributed by atoms with Gasteiger partial charge >= 0.3 is 5.97 Å². The standard InChI is InChI=1S/C26H50N2O3/c1-4-5-6-7-8-9-10-11-12-13-14-15-16-17-18-22-25(29)27-23-20-19-21-24(26(30)31)28(2)3/h11-12,24H,4-10,13-23H2,1-3H3,(H,27,29)(H,30,31)/b12-11-/t24-/m1/s1. The molecule has 5 heteroatoms. The quantitative estimate of drug-likeness (QED) is 0.153. The van der Waals surface area contributed by atoms with Crippen molar-refractivity contribution in [3.63, 3.8) is 0 Å². The summed E-state index contributed by atoms with van der Waals surface area (Å²) in [6.45, 7) is 2.90. The Kier molecular flexibility index (Phi) is 20.9. The van der Waals surface area contributed by atoms with Crippen LogP contribution in [-0.2, 0) is 9.59 Å². The van der Waals surface area contributed by atoms with Crippen LogP contribution in [0.1, 0.15) is 116 Å². The van der Waals surface area contributed by atoms with Gasteiger partial charge in [-0.1, -0.05) is 70.4 Å². The van der Waals surface area contributed by atoms with Crippen molar-refractivity contribution in [2.24, 2.45) is 0 Å². The van der Waals surface area contributed by atoms with E-state index in [1.807, 2.05) is 0 Å². The van der Waals surface area contributed by atoms with Crippen LogP contribution in [0.2, 0.25) is 0 Å². The molecule has 0 aromatic carbocycles. The number of aliphatic carboxylic acids is 1. The van der Waals surface area contributed by atoms with Gasteiger partial charge in [-0.05, 0) is 65.5 Å². The van der Waals surface area contributed by atoms with Crippen LogP contribution >= 0.6 is 0 Å². The molecule has 31 heavy (non-hydrogen) atoms. The summed E-state index contributed by atoms with van der Waals surface area (Å²) in [4.78, 5) is 24.7. The first-order chi connectivity index (χ1) is 15.0. The molecule has 0 aliphatic heterocycles. The van der Waals surface area contributed by atoms with Gasteiger partial charge in [-0.15, -0.1) is 0 Å². The molecule has 1 amide bonds. The van der Waals surface area contributed by atoms with E-state index >= 15 is 0 Å². The third kappa shape index (κ3) is 20.3. The van der Waals surface area contributed by atoms with Crippen LogP contribution in [0.4, 0.5) is 0 Å². The van der Waals surface area contributed by atoms with Gasteiger partial charge in [0.1, 0.15) is 6.04 Å². The Balaban J connectivity index is 3.39. The largest absolute Gasteiger partial charge is 0.480 e. The summed E-state index contributed by atoms with van der Waals surface area (Å²) in [7, 11) is 3.57. The lowest BCUT2D eigenvalue weighted by Crippen LogP contribution is -2.35. The van der Waals surface area contributed by atoms with Gasteiger partial charge in [-0.3, -0.25) is 14.5 Å². The summed E-state index contributed by atoms with van der Waals surface area (Å²) < 4.78 is 0. The maximum absolute atomic E-state index is 11.9. The number of rotatable bonds is 22. The molecule has 1 atom stereocenters. The fourth-order valence-corrected chi connectivity index (χ4v) is 3.74. The fraction of sp³-hybridized carbons (Fsp3) is 0.846. The summed E-state index contributed by atoms with van der Waals surface area (Å²) in [5, 5.41) is 12.1. The van der Waals surface area contributed by atoms with E-state index in [9.17, 15) is 9.59 Å². The van der Waals surface area contributed by atoms with E-state index in [1.165, 1.54) is 70.6 Å². The van der Waals surface area contributed by atoms with Crippen molar-refractivity contribution in [2.75, 3.05) is 20.6 Å². The van der Waals surface area contributed by atoms with Crippen molar-refractivity contribution in [1.82, 2.24) is 10.2 Å². The zero-order chi connectivity index (χ0) is 23.2. The minimum absolute atomic E-state index is 0.125. The molecule has 0 rings (SSSR count). The number of allylic oxidation sites excluding steroid dienone is 2. The topological polar surface area (TPSA) is 69.6 Å².